The standard InChI is InChI=1S/C22H44NO2/c1-7-10-11-12-13-14-15-16-17-18-19-20-22(4,23(5,6)9-3)25-21(24)8-2/h8H,2,7,9-20H2,1,3-6H3/q+1. The molecule has 1 atom stereocenters. The number of hydrogen-bond acceptors (Lipinski definition) is 2. The smallest absolute Gasteiger partial charge is 0.334 e. The van der Waals surface area contributed by atoms with Gasteiger partial charge in [0.2, 0.25) is 5.72 Å². The van der Waals surface area contributed by atoms with Crippen LogP contribution in [0.4, 0.5) is 0 Å². The maximum atomic E-state index is 11.7. The Morgan fingerprint density at radius 3 is 1.76 bits per heavy atom. The van der Waals surface area contributed by atoms with Gasteiger partial charge in [0.25, 0.3) is 0 Å². The molecule has 0 saturated carbocycles. The van der Waals surface area contributed by atoms with Crippen LogP contribution in [0.1, 0.15) is 97.8 Å². The van der Waals surface area contributed by atoms with Crippen LogP contribution in [0.5, 0.6) is 0 Å². The van der Waals surface area contributed by atoms with Gasteiger partial charge in [-0.05, 0) is 13.3 Å². The van der Waals surface area contributed by atoms with Crippen molar-refractivity contribution < 1.29 is 14.0 Å². The number of ether oxygens (including phenoxy) is 1. The molecule has 0 aliphatic carbocycles. The summed E-state index contributed by atoms with van der Waals surface area (Å²) in [7, 11) is 4.27. The normalized spacial score (nSPS) is 14.1. The molecule has 0 fully saturated rings. The second-order valence-corrected chi connectivity index (χ2v) is 8.09. The summed E-state index contributed by atoms with van der Waals surface area (Å²) in [6.45, 7) is 10.9. The van der Waals surface area contributed by atoms with Gasteiger partial charge in [0.1, 0.15) is 0 Å². The summed E-state index contributed by atoms with van der Waals surface area (Å²) in [5, 5.41) is 0. The summed E-state index contributed by atoms with van der Waals surface area (Å²) in [6, 6.07) is 0. The van der Waals surface area contributed by atoms with Crippen molar-refractivity contribution in [2.24, 2.45) is 0 Å². The molecule has 0 bridgehead atoms. The van der Waals surface area contributed by atoms with Crippen molar-refractivity contribution in [2.45, 2.75) is 104 Å². The maximum absolute atomic E-state index is 11.7. The number of esters is 1. The molecule has 0 rings (SSSR count). The largest absolute Gasteiger partial charge is 0.407 e. The molecular weight excluding hydrogens is 310 g/mol. The van der Waals surface area contributed by atoms with E-state index in [2.05, 4.69) is 41.4 Å². The van der Waals surface area contributed by atoms with Crippen LogP contribution in [0, 0.1) is 0 Å². The number of quaternary nitrogens is 1. The van der Waals surface area contributed by atoms with Gasteiger partial charge in [0.15, 0.2) is 0 Å². The second-order valence-electron chi connectivity index (χ2n) is 8.09. The van der Waals surface area contributed by atoms with E-state index in [0.717, 1.165) is 19.4 Å². The van der Waals surface area contributed by atoms with Gasteiger partial charge in [-0.1, -0.05) is 77.7 Å². The predicted octanol–water partition coefficient (Wildman–Crippen LogP) is 6.23. The third-order valence-electron chi connectivity index (χ3n) is 5.80. The lowest BCUT2D eigenvalue weighted by Gasteiger charge is -2.44. The van der Waals surface area contributed by atoms with E-state index in [9.17, 15) is 4.79 Å². The van der Waals surface area contributed by atoms with Gasteiger partial charge < -0.3 is 4.74 Å². The molecule has 148 valence electrons. The van der Waals surface area contributed by atoms with E-state index < -0.39 is 5.72 Å². The number of unbranched alkanes of at least 4 members (excludes halogenated alkanes) is 10. The molecule has 25 heavy (non-hydrogen) atoms. The Hall–Kier alpha value is -0.830. The van der Waals surface area contributed by atoms with Gasteiger partial charge in [-0.2, -0.15) is 0 Å². The van der Waals surface area contributed by atoms with Crippen molar-refractivity contribution in [1.29, 1.82) is 0 Å². The highest BCUT2D eigenvalue weighted by Crippen LogP contribution is 2.29. The molecule has 0 radical (unpaired) electrons. The first-order valence-electron chi connectivity index (χ1n) is 10.5. The minimum atomic E-state index is -0.473. The van der Waals surface area contributed by atoms with E-state index in [-0.39, 0.29) is 5.97 Å². The van der Waals surface area contributed by atoms with Crippen LogP contribution in [-0.4, -0.2) is 36.8 Å². The molecule has 3 heteroatoms. The Balaban J connectivity index is 4.00. The van der Waals surface area contributed by atoms with Crippen LogP contribution in [-0.2, 0) is 9.53 Å². The maximum Gasteiger partial charge on any atom is 0.334 e. The molecule has 0 aromatic carbocycles. The average Bonchev–Trinajstić information content (AvgIpc) is 2.59. The van der Waals surface area contributed by atoms with Crippen LogP contribution in [0.2, 0.25) is 0 Å². The third kappa shape index (κ3) is 10.0. The Morgan fingerprint density at radius 1 is 0.920 bits per heavy atom. The zero-order valence-electron chi connectivity index (χ0n) is 17.7. The molecule has 0 aromatic heterocycles. The van der Waals surface area contributed by atoms with Gasteiger partial charge >= 0.3 is 5.97 Å². The molecule has 0 N–H and O–H groups in total. The minimum Gasteiger partial charge on any atom is -0.407 e. The van der Waals surface area contributed by atoms with Crippen LogP contribution in [0.15, 0.2) is 12.7 Å². The molecule has 0 aliphatic heterocycles. The first kappa shape index (κ1) is 24.2. The van der Waals surface area contributed by atoms with Gasteiger partial charge in [-0.15, -0.1) is 0 Å². The summed E-state index contributed by atoms with van der Waals surface area (Å²) in [5.74, 6) is -0.315. The lowest BCUT2D eigenvalue weighted by atomic mass is 10.0. The Morgan fingerprint density at radius 2 is 1.36 bits per heavy atom. The number of nitrogens with zero attached hydrogens (tertiary/aromatic N) is 1. The Labute approximate surface area is 157 Å². The molecular formula is C22H44NO2+. The van der Waals surface area contributed by atoms with Crippen LogP contribution in [0.25, 0.3) is 0 Å². The SMILES string of the molecule is C=CC(=O)OC(C)(CCCCCCCCCCCCC)[N+](C)(C)CC. The van der Waals surface area contributed by atoms with Gasteiger partial charge in [0, 0.05) is 19.4 Å². The number of rotatable bonds is 16. The summed E-state index contributed by atoms with van der Waals surface area (Å²) in [4.78, 5) is 11.7. The van der Waals surface area contributed by atoms with E-state index in [4.69, 9.17) is 4.74 Å². The summed E-state index contributed by atoms with van der Waals surface area (Å²) >= 11 is 0. The highest BCUT2D eigenvalue weighted by Gasteiger charge is 2.42. The summed E-state index contributed by atoms with van der Waals surface area (Å²) in [5.41, 5.74) is -0.473. The van der Waals surface area contributed by atoms with Crippen molar-refractivity contribution >= 4 is 5.97 Å². The quantitative estimate of drug-likeness (QED) is 0.108. The molecule has 0 amide bonds. The van der Waals surface area contributed by atoms with Crippen molar-refractivity contribution in [2.75, 3.05) is 20.6 Å². The zero-order chi connectivity index (χ0) is 19.2. The molecule has 0 saturated heterocycles. The van der Waals surface area contributed by atoms with Crippen LogP contribution >= 0.6 is 0 Å². The van der Waals surface area contributed by atoms with Gasteiger partial charge in [-0.25, -0.2) is 4.79 Å². The van der Waals surface area contributed by atoms with Crippen molar-refractivity contribution in [3.63, 3.8) is 0 Å². The second kappa shape index (κ2) is 13.4. The zero-order valence-corrected chi connectivity index (χ0v) is 17.7. The fraction of sp³-hybridized carbons (Fsp3) is 0.864. The van der Waals surface area contributed by atoms with Crippen LogP contribution in [0.3, 0.4) is 0 Å². The van der Waals surface area contributed by atoms with E-state index >= 15 is 0 Å². The van der Waals surface area contributed by atoms with Gasteiger partial charge in [0.05, 0.1) is 20.6 Å². The third-order valence-corrected chi connectivity index (χ3v) is 5.80. The molecule has 0 heterocycles. The lowest BCUT2D eigenvalue weighted by molar-refractivity contribution is -0.961. The fourth-order valence-electron chi connectivity index (χ4n) is 3.19. The predicted molar refractivity (Wildman–Crippen MR) is 108 cm³/mol. The number of hydrogen-bond donors (Lipinski definition) is 0. The molecule has 0 aliphatic rings. The lowest BCUT2D eigenvalue weighted by Crippen LogP contribution is -2.59. The molecule has 0 spiro atoms. The molecule has 3 nitrogen and oxygen atoms in total. The monoisotopic (exact) mass is 354 g/mol. The molecule has 0 aromatic rings. The average molecular weight is 355 g/mol. The first-order valence-corrected chi connectivity index (χ1v) is 10.5. The molecule has 1 unspecified atom stereocenters. The van der Waals surface area contributed by atoms with Crippen molar-refractivity contribution in [1.82, 2.24) is 0 Å². The topological polar surface area (TPSA) is 26.3 Å². The Kier molecular flexibility index (Phi) is 12.9. The van der Waals surface area contributed by atoms with Gasteiger partial charge in [-0.3, -0.25) is 4.48 Å². The van der Waals surface area contributed by atoms with E-state index in [1.54, 1.807) is 0 Å². The summed E-state index contributed by atoms with van der Waals surface area (Å²) in [6.07, 6.45) is 16.8. The fourth-order valence-corrected chi connectivity index (χ4v) is 3.19. The Bertz CT molecular complexity index is 365. The highest BCUT2D eigenvalue weighted by molar-refractivity contribution is 5.81. The number of carbonyl (C=O) groups excluding carboxylic acids is 1. The van der Waals surface area contributed by atoms with Crippen molar-refractivity contribution in [3.8, 4) is 0 Å². The van der Waals surface area contributed by atoms with Crippen LogP contribution < -0.4 is 0 Å². The first-order chi connectivity index (χ1) is 11.8. The van der Waals surface area contributed by atoms with Crippen molar-refractivity contribution in [3.05, 3.63) is 12.7 Å². The van der Waals surface area contributed by atoms with E-state index in [1.807, 2.05) is 0 Å². The summed E-state index contributed by atoms with van der Waals surface area (Å²) < 4.78 is 6.43. The number of carbonyl (C=O) groups is 1. The minimum absolute atomic E-state index is 0.315. The van der Waals surface area contributed by atoms with E-state index in [0.29, 0.717) is 4.48 Å². The highest BCUT2D eigenvalue weighted by atomic mass is 16.6. The van der Waals surface area contributed by atoms with E-state index in [1.165, 1.54) is 70.3 Å².